The molecule has 0 fully saturated rings. The van der Waals surface area contributed by atoms with Crippen molar-refractivity contribution in [2.75, 3.05) is 6.54 Å². The van der Waals surface area contributed by atoms with Gasteiger partial charge in [-0.2, -0.15) is 5.10 Å². The Balaban J connectivity index is 2.32. The minimum absolute atomic E-state index is 0.105. The van der Waals surface area contributed by atoms with E-state index in [0.717, 1.165) is 16.1 Å². The third-order valence-electron chi connectivity index (χ3n) is 2.36. The van der Waals surface area contributed by atoms with E-state index in [2.05, 4.69) is 16.9 Å². The molecule has 0 unspecified atom stereocenters. The van der Waals surface area contributed by atoms with Crippen molar-refractivity contribution in [1.29, 1.82) is 0 Å². The molecule has 0 aliphatic heterocycles. The molecule has 0 spiro atoms. The van der Waals surface area contributed by atoms with Crippen LogP contribution in [0.2, 0.25) is 0 Å². The molecule has 92 valence electrons. The maximum absolute atomic E-state index is 11.7. The molecule has 0 aromatic carbocycles. The maximum Gasteiger partial charge on any atom is 0.267 e. The summed E-state index contributed by atoms with van der Waals surface area (Å²) >= 11 is 1.57. The first-order chi connectivity index (χ1) is 8.70. The van der Waals surface area contributed by atoms with Crippen LogP contribution >= 0.6 is 11.3 Å². The fourth-order valence-corrected chi connectivity index (χ4v) is 2.33. The summed E-state index contributed by atoms with van der Waals surface area (Å²) < 4.78 is 1.45. The number of hydrogen-bond acceptors (Lipinski definition) is 4. The van der Waals surface area contributed by atoms with Crippen molar-refractivity contribution in [3.8, 4) is 11.8 Å². The van der Waals surface area contributed by atoms with Crippen molar-refractivity contribution in [3.05, 3.63) is 50.1 Å². The van der Waals surface area contributed by atoms with Crippen molar-refractivity contribution in [2.24, 2.45) is 5.73 Å². The van der Waals surface area contributed by atoms with Crippen LogP contribution < -0.4 is 11.3 Å². The van der Waals surface area contributed by atoms with Crippen molar-refractivity contribution in [1.82, 2.24) is 9.78 Å². The second kappa shape index (κ2) is 5.63. The van der Waals surface area contributed by atoms with Gasteiger partial charge < -0.3 is 5.73 Å². The number of aromatic nitrogens is 2. The van der Waals surface area contributed by atoms with Crippen LogP contribution in [0.3, 0.4) is 0 Å². The Morgan fingerprint density at radius 3 is 3.06 bits per heavy atom. The second-order valence-electron chi connectivity index (χ2n) is 3.73. The van der Waals surface area contributed by atoms with Crippen LogP contribution in [-0.4, -0.2) is 16.3 Å². The fraction of sp³-hybridized carbons (Fsp3) is 0.231. The van der Waals surface area contributed by atoms with E-state index in [-0.39, 0.29) is 5.56 Å². The standard InChI is InChI=1S/C13H13N3OS/c1-10-4-5-13(17)16(15-10)9-12-11(3-2-7-14)6-8-18-12/h4-6,8H,7,9,14H2,1H3. The summed E-state index contributed by atoms with van der Waals surface area (Å²) in [4.78, 5) is 12.7. The lowest BCUT2D eigenvalue weighted by Crippen LogP contribution is -2.22. The first-order valence-electron chi connectivity index (χ1n) is 5.51. The van der Waals surface area contributed by atoms with E-state index in [0.29, 0.717) is 13.1 Å². The van der Waals surface area contributed by atoms with Gasteiger partial charge in [-0.3, -0.25) is 4.79 Å². The molecule has 2 N–H and O–H groups in total. The van der Waals surface area contributed by atoms with Crippen molar-refractivity contribution >= 4 is 11.3 Å². The number of nitrogens with zero attached hydrogens (tertiary/aromatic N) is 2. The van der Waals surface area contributed by atoms with E-state index >= 15 is 0 Å². The number of hydrogen-bond donors (Lipinski definition) is 1. The quantitative estimate of drug-likeness (QED) is 0.818. The third-order valence-corrected chi connectivity index (χ3v) is 3.27. The summed E-state index contributed by atoms with van der Waals surface area (Å²) in [6.07, 6.45) is 0. The molecule has 0 atom stereocenters. The molecule has 0 radical (unpaired) electrons. The maximum atomic E-state index is 11.7. The molecule has 0 aliphatic carbocycles. The molecule has 0 aliphatic rings. The highest BCUT2D eigenvalue weighted by atomic mass is 32.1. The zero-order chi connectivity index (χ0) is 13.0. The Kier molecular flexibility index (Phi) is 3.92. The van der Waals surface area contributed by atoms with Crippen LogP contribution in [0.1, 0.15) is 16.1 Å². The molecule has 0 saturated carbocycles. The van der Waals surface area contributed by atoms with Gasteiger partial charge in [-0.05, 0) is 24.4 Å². The van der Waals surface area contributed by atoms with E-state index in [4.69, 9.17) is 5.73 Å². The second-order valence-corrected chi connectivity index (χ2v) is 4.73. The van der Waals surface area contributed by atoms with Crippen LogP contribution in [0.5, 0.6) is 0 Å². The van der Waals surface area contributed by atoms with Gasteiger partial charge in [0.05, 0.1) is 18.8 Å². The predicted octanol–water partition coefficient (Wildman–Crippen LogP) is 0.972. The van der Waals surface area contributed by atoms with Crippen molar-refractivity contribution < 1.29 is 0 Å². The van der Waals surface area contributed by atoms with Crippen LogP contribution in [-0.2, 0) is 6.54 Å². The van der Waals surface area contributed by atoms with E-state index in [1.165, 1.54) is 10.7 Å². The number of aryl methyl sites for hydroxylation is 1. The zero-order valence-electron chi connectivity index (χ0n) is 10.0. The van der Waals surface area contributed by atoms with Crippen LogP contribution in [0.25, 0.3) is 0 Å². The molecular formula is C13H13N3OS. The van der Waals surface area contributed by atoms with E-state index < -0.39 is 0 Å². The van der Waals surface area contributed by atoms with E-state index in [1.54, 1.807) is 17.4 Å². The Morgan fingerprint density at radius 2 is 2.28 bits per heavy atom. The van der Waals surface area contributed by atoms with Gasteiger partial charge >= 0.3 is 0 Å². The summed E-state index contributed by atoms with van der Waals surface area (Å²) in [5, 5.41) is 6.16. The average Bonchev–Trinajstić information content (AvgIpc) is 2.79. The van der Waals surface area contributed by atoms with Crippen molar-refractivity contribution in [3.63, 3.8) is 0 Å². The smallest absolute Gasteiger partial charge is 0.267 e. The van der Waals surface area contributed by atoms with E-state index in [9.17, 15) is 4.79 Å². The average molecular weight is 259 g/mol. The largest absolute Gasteiger partial charge is 0.320 e. The Labute approximate surface area is 109 Å². The summed E-state index contributed by atoms with van der Waals surface area (Å²) in [7, 11) is 0. The lowest BCUT2D eigenvalue weighted by atomic mass is 10.2. The third kappa shape index (κ3) is 2.86. The Morgan fingerprint density at radius 1 is 1.44 bits per heavy atom. The first-order valence-corrected chi connectivity index (χ1v) is 6.39. The molecule has 0 bridgehead atoms. The van der Waals surface area contributed by atoms with Gasteiger partial charge in [0.25, 0.3) is 5.56 Å². The normalized spacial score (nSPS) is 9.89. The fourth-order valence-electron chi connectivity index (χ4n) is 1.52. The summed E-state index contributed by atoms with van der Waals surface area (Å²) in [6.45, 7) is 2.64. The van der Waals surface area contributed by atoms with Gasteiger partial charge in [-0.25, -0.2) is 4.68 Å². The monoisotopic (exact) mass is 259 g/mol. The molecule has 2 aromatic rings. The predicted molar refractivity (Wildman–Crippen MR) is 72.6 cm³/mol. The molecule has 0 saturated heterocycles. The molecule has 0 amide bonds. The summed E-state index contributed by atoms with van der Waals surface area (Å²) in [5.74, 6) is 5.82. The molecule has 2 heterocycles. The van der Waals surface area contributed by atoms with Crippen LogP contribution in [0.4, 0.5) is 0 Å². The van der Waals surface area contributed by atoms with Crippen LogP contribution in [0, 0.1) is 18.8 Å². The molecular weight excluding hydrogens is 246 g/mol. The summed E-state index contributed by atoms with van der Waals surface area (Å²) in [5.41, 5.74) is 6.99. The Hall–Kier alpha value is -1.90. The number of thiophene rings is 1. The Bertz CT molecular complexity index is 661. The van der Waals surface area contributed by atoms with Crippen molar-refractivity contribution in [2.45, 2.75) is 13.5 Å². The summed E-state index contributed by atoms with van der Waals surface area (Å²) in [6, 6.07) is 5.17. The zero-order valence-corrected chi connectivity index (χ0v) is 10.8. The highest BCUT2D eigenvalue weighted by molar-refractivity contribution is 7.10. The van der Waals surface area contributed by atoms with Gasteiger partial charge in [-0.1, -0.05) is 11.8 Å². The van der Waals surface area contributed by atoms with E-state index in [1.807, 2.05) is 18.4 Å². The highest BCUT2D eigenvalue weighted by Gasteiger charge is 2.05. The van der Waals surface area contributed by atoms with Gasteiger partial charge in [0, 0.05) is 16.5 Å². The number of nitrogens with two attached hydrogens (primary N) is 1. The van der Waals surface area contributed by atoms with Gasteiger partial charge in [-0.15, -0.1) is 11.3 Å². The first kappa shape index (κ1) is 12.6. The molecule has 2 rings (SSSR count). The van der Waals surface area contributed by atoms with Gasteiger partial charge in [0.2, 0.25) is 0 Å². The lowest BCUT2D eigenvalue weighted by Gasteiger charge is -2.03. The minimum atomic E-state index is -0.105. The molecule has 18 heavy (non-hydrogen) atoms. The molecule has 4 nitrogen and oxygen atoms in total. The van der Waals surface area contributed by atoms with Crippen LogP contribution in [0.15, 0.2) is 28.4 Å². The SMILES string of the molecule is Cc1ccc(=O)n(Cc2sccc2C#CCN)n1. The number of rotatable bonds is 2. The molecule has 5 heteroatoms. The molecule has 2 aromatic heterocycles. The lowest BCUT2D eigenvalue weighted by molar-refractivity contribution is 0.634. The van der Waals surface area contributed by atoms with Gasteiger partial charge in [0.15, 0.2) is 0 Å². The van der Waals surface area contributed by atoms with Gasteiger partial charge in [0.1, 0.15) is 0 Å². The topological polar surface area (TPSA) is 60.9 Å². The minimum Gasteiger partial charge on any atom is -0.320 e. The highest BCUT2D eigenvalue weighted by Crippen LogP contribution is 2.16.